The first-order valence-electron chi connectivity index (χ1n) is 14.0. The van der Waals surface area contributed by atoms with Crippen LogP contribution in [0, 0.1) is 5.92 Å². The van der Waals surface area contributed by atoms with Crippen molar-refractivity contribution in [3.8, 4) is 0 Å². The molecule has 4 atom stereocenters. The molecule has 0 bridgehead atoms. The Labute approximate surface area is 220 Å². The number of amides is 1. The van der Waals surface area contributed by atoms with Gasteiger partial charge in [0.25, 0.3) is 5.72 Å². The van der Waals surface area contributed by atoms with Gasteiger partial charge in [0.1, 0.15) is 12.1 Å². The molecule has 1 rings (SSSR count). The first-order chi connectivity index (χ1) is 17.0. The van der Waals surface area contributed by atoms with Gasteiger partial charge < -0.3 is 10.0 Å². The molecular weight excluding hydrogens is 479 g/mol. The highest BCUT2D eigenvalue weighted by atomic mass is 31.1. The van der Waals surface area contributed by atoms with Gasteiger partial charge in [0.05, 0.1) is 28.3 Å². The monoisotopic (exact) mass is 532 g/mol. The summed E-state index contributed by atoms with van der Waals surface area (Å²) in [4.78, 5) is 27.2. The number of ketones is 1. The molecular formula is C27H53N2O6P+2. The SMILES string of the molecule is CCCCCCCCCCCCCCCC(=O)N1CCC(=O)C(C(C)(O[P+](=O)OC)[N+](C)(C)C)C1O. The molecule has 0 radical (unpaired) electrons. The summed E-state index contributed by atoms with van der Waals surface area (Å²) in [5, 5.41) is 11.1. The van der Waals surface area contributed by atoms with Gasteiger partial charge in [-0.1, -0.05) is 88.5 Å². The predicted molar refractivity (Wildman–Crippen MR) is 143 cm³/mol. The molecule has 1 N–H and O–H groups in total. The number of hydrogen-bond acceptors (Lipinski definition) is 6. The summed E-state index contributed by atoms with van der Waals surface area (Å²) >= 11 is 0. The van der Waals surface area contributed by atoms with Gasteiger partial charge in [0.2, 0.25) is 5.91 Å². The number of piperidine rings is 1. The van der Waals surface area contributed by atoms with E-state index in [-0.39, 0.29) is 29.1 Å². The van der Waals surface area contributed by atoms with E-state index in [2.05, 4.69) is 6.92 Å². The van der Waals surface area contributed by atoms with Crippen molar-refractivity contribution in [1.82, 2.24) is 4.90 Å². The fourth-order valence-electron chi connectivity index (χ4n) is 4.93. The topological polar surface area (TPSA) is 93.1 Å². The molecule has 210 valence electrons. The van der Waals surface area contributed by atoms with Gasteiger partial charge in [-0.15, -0.1) is 4.52 Å². The number of likely N-dealkylation sites (tertiary alicyclic amines) is 1. The van der Waals surface area contributed by atoms with Crippen molar-refractivity contribution < 1.29 is 32.8 Å². The van der Waals surface area contributed by atoms with E-state index in [0.29, 0.717) is 6.42 Å². The maximum absolute atomic E-state index is 12.9. The summed E-state index contributed by atoms with van der Waals surface area (Å²) in [7, 11) is 4.18. The van der Waals surface area contributed by atoms with Crippen molar-refractivity contribution in [2.24, 2.45) is 5.92 Å². The van der Waals surface area contributed by atoms with E-state index >= 15 is 0 Å². The third-order valence-corrected chi connectivity index (χ3v) is 8.51. The van der Waals surface area contributed by atoms with Crippen molar-refractivity contribution in [3.05, 3.63) is 0 Å². The Morgan fingerprint density at radius 1 is 1.00 bits per heavy atom. The summed E-state index contributed by atoms with van der Waals surface area (Å²) < 4.78 is 22.7. The third-order valence-electron chi connectivity index (χ3n) is 7.70. The number of rotatable bonds is 19. The highest BCUT2D eigenvalue weighted by molar-refractivity contribution is 7.33. The van der Waals surface area contributed by atoms with Crippen LogP contribution in [0.1, 0.15) is 110 Å². The Balaban J connectivity index is 2.45. The van der Waals surface area contributed by atoms with Crippen LogP contribution < -0.4 is 0 Å². The van der Waals surface area contributed by atoms with E-state index in [1.165, 1.54) is 76.2 Å². The second-order valence-electron chi connectivity index (χ2n) is 11.3. The minimum absolute atomic E-state index is 0.103. The summed E-state index contributed by atoms with van der Waals surface area (Å²) in [6.07, 6.45) is 15.2. The lowest BCUT2D eigenvalue weighted by Crippen LogP contribution is -2.68. The van der Waals surface area contributed by atoms with Crippen molar-refractivity contribution in [3.63, 3.8) is 0 Å². The lowest BCUT2D eigenvalue weighted by atomic mass is 9.83. The number of nitrogens with zero attached hydrogens (tertiary/aromatic N) is 2. The minimum atomic E-state index is -2.48. The molecule has 0 aromatic carbocycles. The van der Waals surface area contributed by atoms with Gasteiger partial charge in [-0.2, -0.15) is 0 Å². The van der Waals surface area contributed by atoms with Crippen molar-refractivity contribution in [2.45, 2.75) is 122 Å². The molecule has 0 aromatic heterocycles. The Morgan fingerprint density at radius 2 is 1.47 bits per heavy atom. The predicted octanol–water partition coefficient (Wildman–Crippen LogP) is 5.95. The van der Waals surface area contributed by atoms with Crippen molar-refractivity contribution in [1.29, 1.82) is 0 Å². The molecule has 1 aliphatic heterocycles. The number of carbonyl (C=O) groups is 2. The third kappa shape index (κ3) is 10.4. The standard InChI is InChI=1S/C27H53N2O6P/c1-7-8-9-10-11-12-13-14-15-16-17-18-19-20-24(31)28-22-21-23(30)25(26(28)32)27(2,29(3,4)5)35-36(33)34-6/h25-26,32H,7-22H2,1-6H3/q+2. The van der Waals surface area contributed by atoms with Gasteiger partial charge in [0.15, 0.2) is 5.78 Å². The molecule has 1 saturated heterocycles. The second kappa shape index (κ2) is 16.8. The van der Waals surface area contributed by atoms with E-state index in [9.17, 15) is 19.3 Å². The first-order valence-corrected chi connectivity index (χ1v) is 15.1. The van der Waals surface area contributed by atoms with Crippen LogP contribution >= 0.6 is 8.25 Å². The maximum atomic E-state index is 12.9. The van der Waals surface area contributed by atoms with E-state index in [0.717, 1.165) is 19.3 Å². The fraction of sp³-hybridized carbons (Fsp3) is 0.926. The van der Waals surface area contributed by atoms with Crippen molar-refractivity contribution >= 4 is 19.9 Å². The average molecular weight is 533 g/mol. The summed E-state index contributed by atoms with van der Waals surface area (Å²) in [6.45, 7) is 4.08. The van der Waals surface area contributed by atoms with E-state index < -0.39 is 26.1 Å². The molecule has 9 heteroatoms. The van der Waals surface area contributed by atoms with Gasteiger partial charge in [0, 0.05) is 30.9 Å². The summed E-state index contributed by atoms with van der Waals surface area (Å²) in [6, 6.07) is 0. The van der Waals surface area contributed by atoms with E-state index in [4.69, 9.17) is 9.05 Å². The van der Waals surface area contributed by atoms with Crippen LogP contribution in [-0.4, -0.2) is 72.9 Å². The van der Waals surface area contributed by atoms with E-state index in [1.807, 2.05) is 0 Å². The summed E-state index contributed by atoms with van der Waals surface area (Å²) in [5.74, 6) is -1.39. The molecule has 0 aliphatic carbocycles. The lowest BCUT2D eigenvalue weighted by Gasteiger charge is -2.48. The quantitative estimate of drug-likeness (QED) is 0.0957. The van der Waals surface area contributed by atoms with Crippen LogP contribution in [0.25, 0.3) is 0 Å². The number of aliphatic hydroxyl groups excluding tert-OH is 1. The number of Topliss-reactive ketones (excluding diaryl/α,β-unsaturated/α-hetero) is 1. The van der Waals surface area contributed by atoms with Gasteiger partial charge >= 0.3 is 8.25 Å². The first kappa shape index (κ1) is 33.1. The number of quaternary nitrogens is 1. The molecule has 0 saturated carbocycles. The minimum Gasteiger partial charge on any atom is -0.372 e. The molecule has 0 aromatic rings. The highest BCUT2D eigenvalue weighted by Gasteiger charge is 2.61. The molecule has 36 heavy (non-hydrogen) atoms. The Hall–Kier alpha value is -0.920. The zero-order valence-electron chi connectivity index (χ0n) is 23.8. The molecule has 0 spiro atoms. The fourth-order valence-corrected chi connectivity index (χ4v) is 5.67. The largest absolute Gasteiger partial charge is 0.703 e. The van der Waals surface area contributed by atoms with Crippen LogP contribution in [0.5, 0.6) is 0 Å². The van der Waals surface area contributed by atoms with Crippen molar-refractivity contribution in [2.75, 3.05) is 34.8 Å². The Bertz CT molecular complexity index is 684. The molecule has 1 fully saturated rings. The van der Waals surface area contributed by atoms with E-state index in [1.54, 1.807) is 28.1 Å². The number of hydrogen-bond donors (Lipinski definition) is 1. The normalized spacial score (nSPS) is 20.9. The smallest absolute Gasteiger partial charge is 0.372 e. The van der Waals surface area contributed by atoms with Crippen LogP contribution in [-0.2, 0) is 23.2 Å². The number of carbonyl (C=O) groups excluding carboxylic acids is 2. The molecule has 1 amide bonds. The highest BCUT2D eigenvalue weighted by Crippen LogP contribution is 2.43. The number of aliphatic hydroxyl groups is 1. The maximum Gasteiger partial charge on any atom is 0.703 e. The number of unbranched alkanes of at least 4 members (excludes halogenated alkanes) is 12. The molecule has 8 nitrogen and oxygen atoms in total. The van der Waals surface area contributed by atoms with Gasteiger partial charge in [-0.25, -0.2) is 0 Å². The lowest BCUT2D eigenvalue weighted by molar-refractivity contribution is -0.948. The second-order valence-corrected chi connectivity index (χ2v) is 12.2. The zero-order chi connectivity index (χ0) is 27.2. The van der Waals surface area contributed by atoms with Crippen LogP contribution in [0.3, 0.4) is 0 Å². The van der Waals surface area contributed by atoms with Crippen LogP contribution in [0.15, 0.2) is 0 Å². The van der Waals surface area contributed by atoms with Gasteiger partial charge in [-0.3, -0.25) is 14.1 Å². The van der Waals surface area contributed by atoms with Crippen LogP contribution in [0.2, 0.25) is 0 Å². The zero-order valence-corrected chi connectivity index (χ0v) is 24.7. The molecule has 4 unspecified atom stereocenters. The Kier molecular flexibility index (Phi) is 15.5. The average Bonchev–Trinajstić information content (AvgIpc) is 2.81. The van der Waals surface area contributed by atoms with Crippen LogP contribution in [0.4, 0.5) is 0 Å². The van der Waals surface area contributed by atoms with Gasteiger partial charge in [-0.05, 0) is 6.42 Å². The Morgan fingerprint density at radius 3 is 1.92 bits per heavy atom. The molecule has 1 heterocycles. The molecule has 1 aliphatic rings. The summed E-state index contributed by atoms with van der Waals surface area (Å²) in [5.41, 5.74) is -1.34.